The summed E-state index contributed by atoms with van der Waals surface area (Å²) in [4.78, 5) is 23.8. The molecule has 0 aromatic carbocycles. The number of rotatable bonds is 11. The van der Waals surface area contributed by atoms with Crippen LogP contribution in [0.4, 0.5) is 0 Å². The van der Waals surface area contributed by atoms with Crippen molar-refractivity contribution in [2.45, 2.75) is 51.1 Å². The van der Waals surface area contributed by atoms with Gasteiger partial charge in [0, 0.05) is 0 Å². The molecular weight excluding hydrogens is 336 g/mol. The lowest BCUT2D eigenvalue weighted by Crippen LogP contribution is -2.37. The third-order valence-corrected chi connectivity index (χ3v) is 3.73. The first kappa shape index (κ1) is 22.8. The molecule has 8 heteroatoms. The van der Waals surface area contributed by atoms with E-state index in [1.54, 1.807) is 34.6 Å². The molecule has 0 aliphatic carbocycles. The van der Waals surface area contributed by atoms with E-state index in [0.717, 1.165) is 11.8 Å². The lowest BCUT2D eigenvalue weighted by molar-refractivity contribution is -0.156. The summed E-state index contributed by atoms with van der Waals surface area (Å²) >= 11 is 1.12. The van der Waals surface area contributed by atoms with Crippen LogP contribution in [0.15, 0.2) is 12.8 Å². The molecule has 1 unspecified atom stereocenters. The molecule has 24 heavy (non-hydrogen) atoms. The highest BCUT2D eigenvalue weighted by molar-refractivity contribution is 8.01. The maximum absolute atomic E-state index is 12.1. The first-order valence-electron chi connectivity index (χ1n) is 7.49. The molecule has 0 fully saturated rings. The van der Waals surface area contributed by atoms with E-state index in [1.165, 1.54) is 6.26 Å². The van der Waals surface area contributed by atoms with Gasteiger partial charge in [-0.15, -0.1) is 11.8 Å². The quantitative estimate of drug-likeness (QED) is 0.257. The van der Waals surface area contributed by atoms with E-state index in [9.17, 15) is 14.7 Å². The van der Waals surface area contributed by atoms with Crippen LogP contribution in [-0.2, 0) is 28.5 Å². The zero-order valence-electron chi connectivity index (χ0n) is 15.0. The van der Waals surface area contributed by atoms with Crippen LogP contribution >= 0.6 is 11.8 Å². The Hall–Kier alpha value is -1.25. The summed E-state index contributed by atoms with van der Waals surface area (Å²) in [6.07, 6.45) is 0.266. The van der Waals surface area contributed by atoms with Crippen LogP contribution in [-0.4, -0.2) is 59.3 Å². The Kier molecular flexibility index (Phi) is 10.0. The minimum Gasteiger partial charge on any atom is -0.476 e. The Bertz CT molecular complexity index is 415. The highest BCUT2D eigenvalue weighted by Gasteiger charge is 2.33. The molecule has 0 aromatic rings. The second-order valence-corrected chi connectivity index (χ2v) is 8.06. The van der Waals surface area contributed by atoms with Crippen LogP contribution in [0.5, 0.6) is 0 Å². The zero-order valence-corrected chi connectivity index (χ0v) is 15.8. The molecule has 0 bridgehead atoms. The van der Waals surface area contributed by atoms with Crippen LogP contribution in [0.1, 0.15) is 34.6 Å². The molecule has 0 saturated carbocycles. The molecule has 1 atom stereocenters. The third-order valence-electron chi connectivity index (χ3n) is 2.46. The fourth-order valence-corrected chi connectivity index (χ4v) is 1.98. The summed E-state index contributed by atoms with van der Waals surface area (Å²) < 4.78 is 19.0. The number of aliphatic hydroxyl groups is 1. The molecule has 0 aliphatic heterocycles. The molecule has 0 rings (SSSR count). The molecule has 0 amide bonds. The van der Waals surface area contributed by atoms with E-state index in [1.807, 2.05) is 0 Å². The number of hydrogen-bond donors (Lipinski definition) is 1. The molecule has 0 heterocycles. The normalized spacial score (nSPS) is 13.1. The maximum Gasteiger partial charge on any atom is 0.322 e. The summed E-state index contributed by atoms with van der Waals surface area (Å²) in [6, 6.07) is 0. The van der Waals surface area contributed by atoms with Gasteiger partial charge in [-0.3, -0.25) is 9.59 Å². The van der Waals surface area contributed by atoms with Gasteiger partial charge in [0.15, 0.2) is 6.79 Å². The van der Waals surface area contributed by atoms with Crippen molar-refractivity contribution >= 4 is 23.7 Å². The predicted molar refractivity (Wildman–Crippen MR) is 91.4 cm³/mol. The van der Waals surface area contributed by atoms with E-state index in [-0.39, 0.29) is 25.8 Å². The molecule has 140 valence electrons. The smallest absolute Gasteiger partial charge is 0.322 e. The largest absolute Gasteiger partial charge is 0.476 e. The van der Waals surface area contributed by atoms with Crippen molar-refractivity contribution in [1.82, 2.24) is 0 Å². The number of thioether (sulfide) groups is 1. The third kappa shape index (κ3) is 11.3. The second-order valence-electron chi connectivity index (χ2n) is 6.46. The molecule has 0 saturated heterocycles. The lowest BCUT2D eigenvalue weighted by Gasteiger charge is -2.27. The van der Waals surface area contributed by atoms with Gasteiger partial charge < -0.3 is 24.1 Å². The van der Waals surface area contributed by atoms with E-state index < -0.39 is 28.4 Å². The standard InChI is InChI=1S/C16H28O7S/c1-7-20-11-21-8-12(17)9-22-13(18)10-24-16(5,6)14(19)23-15(2,3)4/h7,12,17H,1,8-11H2,2-6H3. The highest BCUT2D eigenvalue weighted by atomic mass is 32.2. The van der Waals surface area contributed by atoms with Crippen molar-refractivity contribution < 1.29 is 33.6 Å². The van der Waals surface area contributed by atoms with Gasteiger partial charge in [-0.05, 0) is 34.6 Å². The molecule has 0 aliphatic rings. The van der Waals surface area contributed by atoms with Gasteiger partial charge in [0.05, 0.1) is 18.6 Å². The Morgan fingerprint density at radius 3 is 2.38 bits per heavy atom. The van der Waals surface area contributed by atoms with Crippen molar-refractivity contribution in [1.29, 1.82) is 0 Å². The monoisotopic (exact) mass is 364 g/mol. The minimum absolute atomic E-state index is 0.0284. The van der Waals surface area contributed by atoms with Gasteiger partial charge in [0.1, 0.15) is 23.1 Å². The van der Waals surface area contributed by atoms with E-state index in [4.69, 9.17) is 18.9 Å². The molecule has 7 nitrogen and oxygen atoms in total. The van der Waals surface area contributed by atoms with E-state index in [2.05, 4.69) is 6.58 Å². The average molecular weight is 364 g/mol. The van der Waals surface area contributed by atoms with Gasteiger partial charge in [-0.1, -0.05) is 6.58 Å². The highest BCUT2D eigenvalue weighted by Crippen LogP contribution is 2.28. The van der Waals surface area contributed by atoms with Crippen LogP contribution in [0, 0.1) is 0 Å². The lowest BCUT2D eigenvalue weighted by atomic mass is 10.1. The van der Waals surface area contributed by atoms with E-state index >= 15 is 0 Å². The molecule has 0 radical (unpaired) electrons. The van der Waals surface area contributed by atoms with Crippen molar-refractivity contribution in [3.05, 3.63) is 12.8 Å². The summed E-state index contributed by atoms with van der Waals surface area (Å²) in [7, 11) is 0. The van der Waals surface area contributed by atoms with Crippen LogP contribution in [0.25, 0.3) is 0 Å². The summed E-state index contributed by atoms with van der Waals surface area (Å²) in [5, 5.41) is 9.58. The second kappa shape index (κ2) is 10.6. The van der Waals surface area contributed by atoms with Crippen LogP contribution < -0.4 is 0 Å². The number of ether oxygens (including phenoxy) is 4. The number of hydrogen-bond acceptors (Lipinski definition) is 8. The number of aliphatic hydroxyl groups excluding tert-OH is 1. The molecule has 1 N–H and O–H groups in total. The van der Waals surface area contributed by atoms with Gasteiger partial charge >= 0.3 is 11.9 Å². The number of carbonyl (C=O) groups excluding carboxylic acids is 2. The van der Waals surface area contributed by atoms with E-state index in [0.29, 0.717) is 0 Å². The summed E-state index contributed by atoms with van der Waals surface area (Å²) in [6.45, 7) is 11.8. The van der Waals surface area contributed by atoms with Gasteiger partial charge in [-0.25, -0.2) is 0 Å². The predicted octanol–water partition coefficient (Wildman–Crippen LogP) is 1.88. The number of carbonyl (C=O) groups is 2. The first-order valence-corrected chi connectivity index (χ1v) is 8.48. The Morgan fingerprint density at radius 2 is 1.83 bits per heavy atom. The van der Waals surface area contributed by atoms with Crippen LogP contribution in [0.2, 0.25) is 0 Å². The SMILES string of the molecule is C=COCOCC(O)COC(=O)CSC(C)(C)C(=O)OC(C)(C)C. The summed E-state index contributed by atoms with van der Waals surface area (Å²) in [5.74, 6) is -0.958. The topological polar surface area (TPSA) is 91.3 Å². The fraction of sp³-hybridized carbons (Fsp3) is 0.750. The van der Waals surface area contributed by atoms with Crippen molar-refractivity contribution in [3.63, 3.8) is 0 Å². The van der Waals surface area contributed by atoms with Crippen LogP contribution in [0.3, 0.4) is 0 Å². The molecule has 0 aromatic heterocycles. The maximum atomic E-state index is 12.1. The first-order chi connectivity index (χ1) is 11.0. The van der Waals surface area contributed by atoms with Crippen molar-refractivity contribution in [3.8, 4) is 0 Å². The number of esters is 2. The molecular formula is C16H28O7S. The Labute approximate surface area is 147 Å². The minimum atomic E-state index is -0.953. The van der Waals surface area contributed by atoms with Crippen molar-refractivity contribution in [2.24, 2.45) is 0 Å². The van der Waals surface area contributed by atoms with Gasteiger partial charge in [0.25, 0.3) is 0 Å². The zero-order chi connectivity index (χ0) is 18.8. The average Bonchev–Trinajstić information content (AvgIpc) is 2.45. The molecule has 0 spiro atoms. The van der Waals surface area contributed by atoms with Crippen molar-refractivity contribution in [2.75, 3.05) is 25.8 Å². The Balaban J connectivity index is 4.07. The van der Waals surface area contributed by atoms with Gasteiger partial charge in [0.2, 0.25) is 0 Å². The summed E-state index contributed by atoms with van der Waals surface area (Å²) in [5.41, 5.74) is -0.588. The van der Waals surface area contributed by atoms with Gasteiger partial charge in [-0.2, -0.15) is 0 Å². The Morgan fingerprint density at radius 1 is 1.21 bits per heavy atom. The fourth-order valence-electron chi connectivity index (χ4n) is 1.26.